The van der Waals surface area contributed by atoms with Crippen molar-refractivity contribution < 1.29 is 8.37 Å². The van der Waals surface area contributed by atoms with Crippen molar-refractivity contribution in [3.63, 3.8) is 0 Å². The molecule has 1 aliphatic rings. The first-order valence-corrected chi connectivity index (χ1v) is 4.12. The van der Waals surface area contributed by atoms with Crippen LogP contribution in [0.2, 0.25) is 0 Å². The minimum Gasteiger partial charge on any atom is -0.285 e. The molecule has 10 heavy (non-hydrogen) atoms. The van der Waals surface area contributed by atoms with Crippen molar-refractivity contribution in [2.75, 3.05) is 0 Å². The van der Waals surface area contributed by atoms with Gasteiger partial charge in [0.05, 0.1) is 11.2 Å². The van der Waals surface area contributed by atoms with Gasteiger partial charge in [-0.3, -0.25) is 8.37 Å². The predicted octanol–water partition coefficient (Wildman–Crippen LogP) is 2.54. The van der Waals surface area contributed by atoms with E-state index in [0.29, 0.717) is 0 Å². The maximum atomic E-state index is 5.30. The largest absolute Gasteiger partial charge is 0.285 e. The normalized spacial score (nSPS) is 30.0. The van der Waals surface area contributed by atoms with Crippen LogP contribution >= 0.6 is 12.3 Å². The van der Waals surface area contributed by atoms with Crippen LogP contribution in [0.3, 0.4) is 0 Å². The van der Waals surface area contributed by atoms with Crippen molar-refractivity contribution in [3.8, 4) is 0 Å². The van der Waals surface area contributed by atoms with E-state index in [2.05, 4.69) is 27.7 Å². The molecule has 0 spiro atoms. The highest BCUT2D eigenvalue weighted by Gasteiger charge is 2.36. The maximum Gasteiger partial charge on any atom is 0.159 e. The Morgan fingerprint density at radius 2 is 1.40 bits per heavy atom. The third-order valence-corrected chi connectivity index (χ3v) is 2.41. The topological polar surface area (TPSA) is 18.5 Å². The Balaban J connectivity index is 2.56. The van der Waals surface area contributed by atoms with Crippen LogP contribution < -0.4 is 0 Å². The molecule has 1 aliphatic heterocycles. The fraction of sp³-hybridized carbons (Fsp3) is 1.00. The van der Waals surface area contributed by atoms with Crippen LogP contribution in [-0.2, 0) is 8.37 Å². The average molecular weight is 162 g/mol. The Bertz CT molecular complexity index is 118. The molecule has 0 unspecified atom stereocenters. The van der Waals surface area contributed by atoms with Gasteiger partial charge in [0.2, 0.25) is 0 Å². The maximum absolute atomic E-state index is 5.30. The molecule has 0 radical (unpaired) electrons. The molecule has 1 heterocycles. The molecule has 0 N–H and O–H groups in total. The lowest BCUT2D eigenvalue weighted by atomic mass is 9.93. The van der Waals surface area contributed by atoms with Crippen molar-refractivity contribution in [3.05, 3.63) is 0 Å². The van der Waals surface area contributed by atoms with E-state index in [-0.39, 0.29) is 11.2 Å². The molecule has 0 atom stereocenters. The Morgan fingerprint density at radius 3 is 1.60 bits per heavy atom. The van der Waals surface area contributed by atoms with Gasteiger partial charge in [0.25, 0.3) is 0 Å². The van der Waals surface area contributed by atoms with E-state index in [9.17, 15) is 0 Å². The lowest BCUT2D eigenvalue weighted by molar-refractivity contribution is -0.0251. The Kier molecular flexibility index (Phi) is 2.00. The molecule has 0 aliphatic carbocycles. The Labute approximate surface area is 66.7 Å². The van der Waals surface area contributed by atoms with Crippen LogP contribution in [0.4, 0.5) is 0 Å². The number of rotatable bonds is 0. The SMILES string of the molecule is CC1(C)CC(C)(C)OSO1. The molecule has 1 fully saturated rings. The summed E-state index contributed by atoms with van der Waals surface area (Å²) >= 11 is 1.11. The summed E-state index contributed by atoms with van der Waals surface area (Å²) in [6, 6.07) is 0. The monoisotopic (exact) mass is 162 g/mol. The minimum absolute atomic E-state index is 0.0492. The van der Waals surface area contributed by atoms with E-state index < -0.39 is 0 Å². The van der Waals surface area contributed by atoms with Gasteiger partial charge >= 0.3 is 0 Å². The molecule has 0 bridgehead atoms. The highest BCUT2D eigenvalue weighted by molar-refractivity contribution is 7.90. The fourth-order valence-electron chi connectivity index (χ4n) is 1.29. The van der Waals surface area contributed by atoms with Crippen LogP contribution in [0.1, 0.15) is 34.1 Å². The summed E-state index contributed by atoms with van der Waals surface area (Å²) in [4.78, 5) is 0. The Hall–Kier alpha value is 0.270. The molecule has 1 saturated heterocycles. The van der Waals surface area contributed by atoms with Gasteiger partial charge in [-0.05, 0) is 27.7 Å². The van der Waals surface area contributed by atoms with Crippen LogP contribution in [0.25, 0.3) is 0 Å². The summed E-state index contributed by atoms with van der Waals surface area (Å²) in [6.45, 7) is 8.29. The lowest BCUT2D eigenvalue weighted by Gasteiger charge is -2.38. The van der Waals surface area contributed by atoms with E-state index in [1.165, 1.54) is 0 Å². The van der Waals surface area contributed by atoms with Gasteiger partial charge in [-0.25, -0.2) is 0 Å². The summed E-state index contributed by atoms with van der Waals surface area (Å²) in [5.74, 6) is 0. The molecule has 0 aromatic heterocycles. The van der Waals surface area contributed by atoms with Crippen molar-refractivity contribution in [2.24, 2.45) is 0 Å². The zero-order chi connectivity index (χ0) is 7.83. The molecule has 0 aromatic carbocycles. The fourth-order valence-corrected chi connectivity index (χ4v) is 1.81. The quantitative estimate of drug-likeness (QED) is 0.510. The van der Waals surface area contributed by atoms with Gasteiger partial charge in [-0.15, -0.1) is 0 Å². The third kappa shape index (κ3) is 2.15. The molecule has 3 heteroatoms. The zero-order valence-electron chi connectivity index (χ0n) is 6.93. The molecular weight excluding hydrogens is 148 g/mol. The minimum atomic E-state index is -0.0492. The predicted molar refractivity (Wildman–Crippen MR) is 42.5 cm³/mol. The van der Waals surface area contributed by atoms with E-state index >= 15 is 0 Å². The van der Waals surface area contributed by atoms with Crippen LogP contribution in [0.15, 0.2) is 0 Å². The molecule has 0 saturated carbocycles. The van der Waals surface area contributed by atoms with Gasteiger partial charge in [0.15, 0.2) is 12.3 Å². The van der Waals surface area contributed by atoms with E-state index in [1.807, 2.05) is 0 Å². The van der Waals surface area contributed by atoms with Crippen molar-refractivity contribution in [1.29, 1.82) is 0 Å². The van der Waals surface area contributed by atoms with Gasteiger partial charge in [0, 0.05) is 6.42 Å². The molecule has 60 valence electrons. The summed E-state index contributed by atoms with van der Waals surface area (Å²) in [5, 5.41) is 0. The first-order chi connectivity index (χ1) is 4.41. The van der Waals surface area contributed by atoms with E-state index in [4.69, 9.17) is 8.37 Å². The molecule has 0 amide bonds. The van der Waals surface area contributed by atoms with Crippen molar-refractivity contribution in [2.45, 2.75) is 45.3 Å². The van der Waals surface area contributed by atoms with Crippen LogP contribution in [0, 0.1) is 0 Å². The van der Waals surface area contributed by atoms with Crippen LogP contribution in [-0.4, -0.2) is 11.2 Å². The second-order valence-electron chi connectivity index (χ2n) is 3.93. The molecular formula is C7H14O2S. The second kappa shape index (κ2) is 2.40. The average Bonchev–Trinajstić information content (AvgIpc) is 1.56. The summed E-state index contributed by atoms with van der Waals surface area (Å²) in [5.41, 5.74) is -0.0984. The highest BCUT2D eigenvalue weighted by Crippen LogP contribution is 2.38. The lowest BCUT2D eigenvalue weighted by Crippen LogP contribution is -2.39. The summed E-state index contributed by atoms with van der Waals surface area (Å²) < 4.78 is 10.6. The molecule has 2 nitrogen and oxygen atoms in total. The van der Waals surface area contributed by atoms with E-state index in [0.717, 1.165) is 18.7 Å². The van der Waals surface area contributed by atoms with Gasteiger partial charge in [-0.1, -0.05) is 0 Å². The standard InChI is InChI=1S/C7H14O2S/c1-6(2)5-7(3,4)9-10-8-6/h5H2,1-4H3. The Morgan fingerprint density at radius 1 is 1.00 bits per heavy atom. The summed E-state index contributed by atoms with van der Waals surface area (Å²) in [7, 11) is 0. The van der Waals surface area contributed by atoms with Crippen molar-refractivity contribution >= 4 is 12.3 Å². The van der Waals surface area contributed by atoms with Gasteiger partial charge < -0.3 is 0 Å². The number of hydrogen-bond donors (Lipinski definition) is 0. The third-order valence-electron chi connectivity index (χ3n) is 1.37. The second-order valence-corrected chi connectivity index (χ2v) is 4.40. The van der Waals surface area contributed by atoms with Crippen LogP contribution in [0.5, 0.6) is 0 Å². The van der Waals surface area contributed by atoms with Gasteiger partial charge in [-0.2, -0.15) is 0 Å². The first kappa shape index (κ1) is 8.37. The highest BCUT2D eigenvalue weighted by atomic mass is 32.2. The number of hydrogen-bond acceptors (Lipinski definition) is 3. The molecule has 0 aromatic rings. The zero-order valence-corrected chi connectivity index (χ0v) is 7.75. The molecule has 1 rings (SSSR count). The first-order valence-electron chi connectivity index (χ1n) is 3.45. The van der Waals surface area contributed by atoms with Crippen molar-refractivity contribution in [1.82, 2.24) is 0 Å². The van der Waals surface area contributed by atoms with Gasteiger partial charge in [0.1, 0.15) is 0 Å². The summed E-state index contributed by atoms with van der Waals surface area (Å²) in [6.07, 6.45) is 0.938. The van der Waals surface area contributed by atoms with E-state index in [1.54, 1.807) is 0 Å². The smallest absolute Gasteiger partial charge is 0.159 e.